The van der Waals surface area contributed by atoms with Crippen molar-refractivity contribution in [2.75, 3.05) is 18.0 Å². The van der Waals surface area contributed by atoms with E-state index in [4.69, 9.17) is 9.97 Å². The Bertz CT molecular complexity index is 1220. The Morgan fingerprint density at radius 2 is 1.91 bits per heavy atom. The van der Waals surface area contributed by atoms with Gasteiger partial charge in [-0.25, -0.2) is 9.97 Å². The Morgan fingerprint density at radius 1 is 1.12 bits per heavy atom. The highest BCUT2D eigenvalue weighted by Crippen LogP contribution is 2.33. The number of nitrogens with zero attached hydrogens (tertiary/aromatic N) is 6. The van der Waals surface area contributed by atoms with Crippen LogP contribution in [0.1, 0.15) is 57.5 Å². The van der Waals surface area contributed by atoms with Crippen molar-refractivity contribution in [2.24, 2.45) is 7.05 Å². The van der Waals surface area contributed by atoms with E-state index in [1.54, 1.807) is 15.8 Å². The molecule has 1 atom stereocenters. The summed E-state index contributed by atoms with van der Waals surface area (Å²) in [7, 11) is 1.84. The van der Waals surface area contributed by atoms with Crippen molar-refractivity contribution in [1.29, 1.82) is 0 Å². The second-order valence-electron chi connectivity index (χ2n) is 8.94. The molecule has 170 valence electrons. The summed E-state index contributed by atoms with van der Waals surface area (Å²) in [6, 6.07) is 9.99. The van der Waals surface area contributed by atoms with E-state index in [0.29, 0.717) is 38.0 Å². The predicted octanol–water partition coefficient (Wildman–Crippen LogP) is 2.94. The van der Waals surface area contributed by atoms with E-state index < -0.39 is 0 Å². The minimum atomic E-state index is -0.00124. The van der Waals surface area contributed by atoms with Gasteiger partial charge >= 0.3 is 0 Å². The standard InChI is InChI=1S/C25H28N6O2/c1-16-20-9-10-22(32)31(14-18-7-5-4-6-8-18)24(20)28-23(27-16)19-11-12-30(15-19)25(33)21-13-26-29(3)17(21)2/h4-8,13,19H,9-12,14-15H2,1-3H3/t19-/m0/s1. The first-order valence-electron chi connectivity index (χ1n) is 11.4. The highest BCUT2D eigenvalue weighted by Gasteiger charge is 2.34. The fourth-order valence-electron chi connectivity index (χ4n) is 4.75. The van der Waals surface area contributed by atoms with Crippen molar-refractivity contribution in [3.63, 3.8) is 0 Å². The third-order valence-corrected chi connectivity index (χ3v) is 6.84. The number of carbonyl (C=O) groups is 2. The number of aryl methyl sites for hydroxylation is 2. The lowest BCUT2D eigenvalue weighted by atomic mass is 10.0. The van der Waals surface area contributed by atoms with Crippen molar-refractivity contribution < 1.29 is 9.59 Å². The molecule has 0 saturated carbocycles. The minimum Gasteiger partial charge on any atom is -0.338 e. The van der Waals surface area contributed by atoms with Crippen LogP contribution in [0.4, 0.5) is 5.82 Å². The fraction of sp³-hybridized carbons (Fsp3) is 0.400. The summed E-state index contributed by atoms with van der Waals surface area (Å²) < 4.78 is 1.72. The van der Waals surface area contributed by atoms with Gasteiger partial charge in [-0.1, -0.05) is 30.3 Å². The first kappa shape index (κ1) is 21.3. The van der Waals surface area contributed by atoms with E-state index in [0.717, 1.165) is 40.6 Å². The molecule has 3 aromatic rings. The van der Waals surface area contributed by atoms with Gasteiger partial charge in [-0.15, -0.1) is 0 Å². The molecule has 5 rings (SSSR count). The largest absolute Gasteiger partial charge is 0.338 e. The maximum atomic E-state index is 13.0. The molecule has 0 radical (unpaired) electrons. The maximum Gasteiger partial charge on any atom is 0.257 e. The molecule has 2 aromatic heterocycles. The zero-order valence-electron chi connectivity index (χ0n) is 19.3. The van der Waals surface area contributed by atoms with E-state index in [1.807, 2.05) is 56.1 Å². The van der Waals surface area contributed by atoms with Gasteiger partial charge < -0.3 is 4.90 Å². The van der Waals surface area contributed by atoms with E-state index in [1.165, 1.54) is 0 Å². The lowest BCUT2D eigenvalue weighted by molar-refractivity contribution is -0.119. The Kier molecular flexibility index (Phi) is 5.44. The molecule has 0 bridgehead atoms. The molecule has 1 fully saturated rings. The highest BCUT2D eigenvalue weighted by atomic mass is 16.2. The average molecular weight is 445 g/mol. The Morgan fingerprint density at radius 3 is 2.64 bits per heavy atom. The van der Waals surface area contributed by atoms with Gasteiger partial charge in [0.05, 0.1) is 18.3 Å². The summed E-state index contributed by atoms with van der Waals surface area (Å²) in [5.41, 5.74) is 4.54. The fourth-order valence-corrected chi connectivity index (χ4v) is 4.75. The van der Waals surface area contributed by atoms with Gasteiger partial charge in [0.15, 0.2) is 0 Å². The van der Waals surface area contributed by atoms with Crippen molar-refractivity contribution in [2.45, 2.75) is 45.6 Å². The summed E-state index contributed by atoms with van der Waals surface area (Å²) in [5.74, 6) is 1.58. The monoisotopic (exact) mass is 444 g/mol. The molecule has 4 heterocycles. The smallest absolute Gasteiger partial charge is 0.257 e. The number of likely N-dealkylation sites (tertiary alicyclic amines) is 1. The van der Waals surface area contributed by atoms with Gasteiger partial charge in [0.25, 0.3) is 5.91 Å². The Hall–Kier alpha value is -3.55. The molecule has 1 aromatic carbocycles. The van der Waals surface area contributed by atoms with Crippen LogP contribution in [0.2, 0.25) is 0 Å². The average Bonchev–Trinajstić information content (AvgIpc) is 3.43. The zero-order chi connectivity index (χ0) is 23.1. The summed E-state index contributed by atoms with van der Waals surface area (Å²) in [5, 5.41) is 4.20. The van der Waals surface area contributed by atoms with E-state index in [-0.39, 0.29) is 17.7 Å². The van der Waals surface area contributed by atoms with Crippen LogP contribution in [0.5, 0.6) is 0 Å². The van der Waals surface area contributed by atoms with Gasteiger partial charge in [0.1, 0.15) is 11.6 Å². The van der Waals surface area contributed by atoms with Crippen molar-refractivity contribution >= 4 is 17.6 Å². The molecule has 2 aliphatic heterocycles. The quantitative estimate of drug-likeness (QED) is 0.618. The van der Waals surface area contributed by atoms with Gasteiger partial charge in [-0.3, -0.25) is 19.2 Å². The summed E-state index contributed by atoms with van der Waals surface area (Å²) in [4.78, 5) is 39.3. The van der Waals surface area contributed by atoms with Crippen LogP contribution in [0.25, 0.3) is 0 Å². The molecule has 33 heavy (non-hydrogen) atoms. The summed E-state index contributed by atoms with van der Waals surface area (Å²) >= 11 is 0. The topological polar surface area (TPSA) is 84.2 Å². The second kappa shape index (κ2) is 8.42. The number of hydrogen-bond acceptors (Lipinski definition) is 5. The lowest BCUT2D eigenvalue weighted by Gasteiger charge is -2.30. The van der Waals surface area contributed by atoms with Crippen molar-refractivity contribution in [1.82, 2.24) is 24.6 Å². The molecule has 8 heteroatoms. The van der Waals surface area contributed by atoms with Crippen LogP contribution >= 0.6 is 0 Å². The first-order chi connectivity index (χ1) is 15.9. The van der Waals surface area contributed by atoms with Gasteiger partial charge in [0.2, 0.25) is 5.91 Å². The molecule has 0 N–H and O–H groups in total. The van der Waals surface area contributed by atoms with E-state index >= 15 is 0 Å². The van der Waals surface area contributed by atoms with E-state index in [2.05, 4.69) is 5.10 Å². The third kappa shape index (κ3) is 3.90. The van der Waals surface area contributed by atoms with Crippen LogP contribution in [0.15, 0.2) is 36.5 Å². The van der Waals surface area contributed by atoms with Crippen LogP contribution in [0, 0.1) is 13.8 Å². The SMILES string of the molecule is Cc1nc([C@H]2CCN(C(=O)c3cnn(C)c3C)C2)nc2c1CCC(=O)N2Cc1ccccc1. The van der Waals surface area contributed by atoms with Crippen molar-refractivity contribution in [3.05, 3.63) is 70.4 Å². The molecule has 2 aliphatic rings. The molecular weight excluding hydrogens is 416 g/mol. The molecule has 8 nitrogen and oxygen atoms in total. The van der Waals surface area contributed by atoms with Crippen LogP contribution in [-0.2, 0) is 24.8 Å². The zero-order valence-corrected chi connectivity index (χ0v) is 19.3. The lowest BCUT2D eigenvalue weighted by Crippen LogP contribution is -2.36. The number of amides is 2. The molecule has 0 aliphatic carbocycles. The molecule has 0 spiro atoms. The highest BCUT2D eigenvalue weighted by molar-refractivity contribution is 5.96. The minimum absolute atomic E-state index is 0.00124. The van der Waals surface area contributed by atoms with Crippen molar-refractivity contribution in [3.8, 4) is 0 Å². The van der Waals surface area contributed by atoms with E-state index in [9.17, 15) is 9.59 Å². The normalized spacial score (nSPS) is 18.0. The number of rotatable bonds is 4. The van der Waals surface area contributed by atoms with Gasteiger partial charge in [-0.2, -0.15) is 5.10 Å². The van der Waals surface area contributed by atoms with Crippen LogP contribution in [-0.4, -0.2) is 49.6 Å². The maximum absolute atomic E-state index is 13.0. The van der Waals surface area contributed by atoms with Gasteiger partial charge in [-0.05, 0) is 32.3 Å². The Balaban J connectivity index is 1.41. The number of fused-ring (bicyclic) bond motifs is 1. The van der Waals surface area contributed by atoms with Crippen LogP contribution in [0.3, 0.4) is 0 Å². The summed E-state index contributed by atoms with van der Waals surface area (Å²) in [6.45, 7) is 5.62. The van der Waals surface area contributed by atoms with Crippen LogP contribution < -0.4 is 4.90 Å². The molecular formula is C25H28N6O2. The third-order valence-electron chi connectivity index (χ3n) is 6.84. The second-order valence-corrected chi connectivity index (χ2v) is 8.94. The number of anilines is 1. The number of aromatic nitrogens is 4. The number of benzene rings is 1. The first-order valence-corrected chi connectivity index (χ1v) is 11.4. The number of carbonyl (C=O) groups excluding carboxylic acids is 2. The molecule has 1 saturated heterocycles. The molecule has 2 amide bonds. The van der Waals surface area contributed by atoms with Gasteiger partial charge in [0, 0.05) is 49.4 Å². The Labute approximate surface area is 193 Å². The molecule has 0 unspecified atom stereocenters. The summed E-state index contributed by atoms with van der Waals surface area (Å²) in [6.07, 6.45) is 3.58. The number of hydrogen-bond donors (Lipinski definition) is 0. The predicted molar refractivity (Wildman–Crippen MR) is 124 cm³/mol.